The third-order valence-electron chi connectivity index (χ3n) is 5.64. The highest BCUT2D eigenvalue weighted by atomic mass is 16.4. The standard InChI is InChI=1S/C26H22O3/c27-25(20-14-8-3-9-15-20)23-16-21(18-10-4-1-5-11-18)22(17-24(23)26(28)29)19-12-6-2-7-13-19/h1-15,23-24H,16-17H2,(H,28,29)/p-1/t23-,24+/m0/s1. The van der Waals surface area contributed by atoms with Crippen LogP contribution in [0.5, 0.6) is 0 Å². The van der Waals surface area contributed by atoms with Crippen molar-refractivity contribution < 1.29 is 14.7 Å². The fraction of sp³-hybridized carbons (Fsp3) is 0.154. The number of ketones is 1. The number of hydrogen-bond donors (Lipinski definition) is 0. The van der Waals surface area contributed by atoms with Gasteiger partial charge in [0.25, 0.3) is 0 Å². The van der Waals surface area contributed by atoms with E-state index in [1.54, 1.807) is 24.3 Å². The summed E-state index contributed by atoms with van der Waals surface area (Å²) in [7, 11) is 0. The van der Waals surface area contributed by atoms with Crippen molar-refractivity contribution in [1.29, 1.82) is 0 Å². The fourth-order valence-electron chi connectivity index (χ4n) is 4.17. The summed E-state index contributed by atoms with van der Waals surface area (Å²) < 4.78 is 0. The second-order valence-corrected chi connectivity index (χ2v) is 7.36. The lowest BCUT2D eigenvalue weighted by molar-refractivity contribution is -0.312. The van der Waals surface area contributed by atoms with E-state index < -0.39 is 17.8 Å². The van der Waals surface area contributed by atoms with Gasteiger partial charge in [0.05, 0.1) is 0 Å². The molecule has 0 radical (unpaired) electrons. The number of hydrogen-bond acceptors (Lipinski definition) is 3. The molecular weight excluding hydrogens is 360 g/mol. The molecule has 0 amide bonds. The van der Waals surface area contributed by atoms with Crippen LogP contribution >= 0.6 is 0 Å². The first-order chi connectivity index (χ1) is 14.1. The van der Waals surface area contributed by atoms with Gasteiger partial charge in [0.2, 0.25) is 0 Å². The number of carboxylic acid groups (broad SMARTS) is 1. The first-order valence-corrected chi connectivity index (χ1v) is 9.78. The van der Waals surface area contributed by atoms with E-state index in [4.69, 9.17) is 0 Å². The summed E-state index contributed by atoms with van der Waals surface area (Å²) in [6.45, 7) is 0. The molecule has 0 saturated heterocycles. The molecule has 0 heterocycles. The molecule has 0 saturated carbocycles. The van der Waals surface area contributed by atoms with Gasteiger partial charge in [-0.1, -0.05) is 91.0 Å². The Morgan fingerprint density at radius 2 is 1.03 bits per heavy atom. The Balaban J connectivity index is 1.83. The first-order valence-electron chi connectivity index (χ1n) is 9.78. The molecule has 2 atom stereocenters. The van der Waals surface area contributed by atoms with Gasteiger partial charge in [-0.05, 0) is 35.1 Å². The summed E-state index contributed by atoms with van der Waals surface area (Å²) in [5, 5.41) is 12.0. The van der Waals surface area contributed by atoms with E-state index in [1.807, 2.05) is 66.7 Å². The maximum atomic E-state index is 13.2. The average Bonchev–Trinajstić information content (AvgIpc) is 2.79. The van der Waals surface area contributed by atoms with Gasteiger partial charge in [-0.2, -0.15) is 0 Å². The Morgan fingerprint density at radius 3 is 1.48 bits per heavy atom. The molecule has 3 aromatic rings. The second-order valence-electron chi connectivity index (χ2n) is 7.36. The summed E-state index contributed by atoms with van der Waals surface area (Å²) in [6.07, 6.45) is 0.653. The number of rotatable bonds is 5. The number of carbonyl (C=O) groups excluding carboxylic acids is 2. The number of Topliss-reactive ketones (excluding diaryl/α,β-unsaturated/α-hetero) is 1. The van der Waals surface area contributed by atoms with Crippen LogP contribution < -0.4 is 5.11 Å². The minimum absolute atomic E-state index is 0.139. The van der Waals surface area contributed by atoms with Crippen molar-refractivity contribution in [2.45, 2.75) is 12.8 Å². The molecule has 144 valence electrons. The minimum atomic E-state index is -1.17. The van der Waals surface area contributed by atoms with Crippen LogP contribution in [-0.4, -0.2) is 11.8 Å². The van der Waals surface area contributed by atoms with Crippen LogP contribution in [0.1, 0.15) is 34.3 Å². The number of aliphatic carboxylic acids is 1. The van der Waals surface area contributed by atoms with Crippen molar-refractivity contribution in [3.05, 3.63) is 108 Å². The van der Waals surface area contributed by atoms with Gasteiger partial charge in [0.1, 0.15) is 0 Å². The molecule has 3 heteroatoms. The molecule has 3 nitrogen and oxygen atoms in total. The molecule has 29 heavy (non-hydrogen) atoms. The smallest absolute Gasteiger partial charge is 0.166 e. The van der Waals surface area contributed by atoms with Crippen LogP contribution in [0.4, 0.5) is 0 Å². The van der Waals surface area contributed by atoms with Crippen molar-refractivity contribution in [3.63, 3.8) is 0 Å². The van der Waals surface area contributed by atoms with Gasteiger partial charge in [-0.25, -0.2) is 0 Å². The lowest BCUT2D eigenvalue weighted by atomic mass is 9.70. The Kier molecular flexibility index (Phi) is 5.39. The molecule has 4 rings (SSSR count). The second kappa shape index (κ2) is 8.27. The zero-order chi connectivity index (χ0) is 20.2. The summed E-state index contributed by atoms with van der Waals surface area (Å²) in [5.74, 6) is -2.81. The highest BCUT2D eigenvalue weighted by molar-refractivity contribution is 6.04. The van der Waals surface area contributed by atoms with E-state index in [9.17, 15) is 14.7 Å². The Labute approximate surface area is 170 Å². The van der Waals surface area contributed by atoms with E-state index in [2.05, 4.69) is 0 Å². The molecule has 0 fully saturated rings. The highest BCUT2D eigenvalue weighted by Crippen LogP contribution is 2.44. The number of carbonyl (C=O) groups is 2. The molecule has 0 aromatic heterocycles. The summed E-state index contributed by atoms with van der Waals surface area (Å²) in [6, 6.07) is 28.6. The summed E-state index contributed by atoms with van der Waals surface area (Å²) >= 11 is 0. The van der Waals surface area contributed by atoms with Gasteiger partial charge >= 0.3 is 0 Å². The zero-order valence-electron chi connectivity index (χ0n) is 16.0. The van der Waals surface area contributed by atoms with E-state index in [1.165, 1.54) is 0 Å². The number of allylic oxidation sites excluding steroid dienone is 2. The van der Waals surface area contributed by atoms with E-state index in [-0.39, 0.29) is 12.2 Å². The van der Waals surface area contributed by atoms with Crippen LogP contribution in [0, 0.1) is 11.8 Å². The van der Waals surface area contributed by atoms with E-state index in [0.717, 1.165) is 22.3 Å². The highest BCUT2D eigenvalue weighted by Gasteiger charge is 2.36. The van der Waals surface area contributed by atoms with Gasteiger partial charge in [-0.15, -0.1) is 0 Å². The van der Waals surface area contributed by atoms with Gasteiger partial charge in [0.15, 0.2) is 5.78 Å². The van der Waals surface area contributed by atoms with Gasteiger partial charge < -0.3 is 9.90 Å². The number of benzene rings is 3. The topological polar surface area (TPSA) is 57.2 Å². The molecule has 1 aliphatic carbocycles. The fourth-order valence-corrected chi connectivity index (χ4v) is 4.17. The monoisotopic (exact) mass is 381 g/mol. The van der Waals surface area contributed by atoms with E-state index in [0.29, 0.717) is 12.0 Å². The SMILES string of the molecule is O=C(c1ccccc1)[C@H]1CC(c2ccccc2)=C(c2ccccc2)C[C@H]1C(=O)[O-]. The summed E-state index contributed by atoms with van der Waals surface area (Å²) in [4.78, 5) is 25.3. The normalized spacial score (nSPS) is 19.0. The maximum absolute atomic E-state index is 13.2. The Hall–Kier alpha value is -3.46. The summed E-state index contributed by atoms with van der Waals surface area (Å²) in [5.41, 5.74) is 4.56. The van der Waals surface area contributed by atoms with E-state index >= 15 is 0 Å². The van der Waals surface area contributed by atoms with Crippen LogP contribution in [-0.2, 0) is 4.79 Å². The quantitative estimate of drug-likeness (QED) is 0.621. The third-order valence-corrected chi connectivity index (χ3v) is 5.64. The predicted octanol–water partition coefficient (Wildman–Crippen LogP) is 4.26. The molecule has 0 aliphatic heterocycles. The van der Waals surface area contributed by atoms with Crippen molar-refractivity contribution in [1.82, 2.24) is 0 Å². The lowest BCUT2D eigenvalue weighted by Gasteiger charge is -2.35. The maximum Gasteiger partial charge on any atom is 0.166 e. The molecule has 3 aromatic carbocycles. The first kappa shape index (κ1) is 18.9. The molecule has 1 aliphatic rings. The molecule has 0 N–H and O–H groups in total. The van der Waals surface area contributed by atoms with Crippen molar-refractivity contribution in [2.24, 2.45) is 11.8 Å². The van der Waals surface area contributed by atoms with Crippen molar-refractivity contribution >= 4 is 22.9 Å². The average molecular weight is 381 g/mol. The lowest BCUT2D eigenvalue weighted by Crippen LogP contribution is -2.41. The van der Waals surface area contributed by atoms with Gasteiger partial charge in [0, 0.05) is 23.4 Å². The predicted molar refractivity (Wildman–Crippen MR) is 112 cm³/mol. The van der Waals surface area contributed by atoms with Crippen LogP contribution in [0.25, 0.3) is 11.1 Å². The number of carboxylic acids is 1. The zero-order valence-corrected chi connectivity index (χ0v) is 16.0. The van der Waals surface area contributed by atoms with Crippen LogP contribution in [0.15, 0.2) is 91.0 Å². The Bertz CT molecular complexity index is 1040. The molecular formula is C26H21O3-. The largest absolute Gasteiger partial charge is 0.550 e. The minimum Gasteiger partial charge on any atom is -0.550 e. The van der Waals surface area contributed by atoms with Crippen LogP contribution in [0.2, 0.25) is 0 Å². The van der Waals surface area contributed by atoms with Crippen LogP contribution in [0.3, 0.4) is 0 Å². The molecule has 0 spiro atoms. The molecule has 0 bridgehead atoms. The van der Waals surface area contributed by atoms with Crippen molar-refractivity contribution in [3.8, 4) is 0 Å². The third kappa shape index (κ3) is 3.90. The van der Waals surface area contributed by atoms with Crippen molar-refractivity contribution in [2.75, 3.05) is 0 Å². The van der Waals surface area contributed by atoms with Gasteiger partial charge in [-0.3, -0.25) is 4.79 Å². The Morgan fingerprint density at radius 1 is 0.621 bits per heavy atom. The molecule has 0 unspecified atom stereocenters.